The van der Waals surface area contributed by atoms with Crippen molar-refractivity contribution in [3.05, 3.63) is 65.0 Å². The van der Waals surface area contributed by atoms with Gasteiger partial charge in [-0.05, 0) is 36.8 Å². The maximum atomic E-state index is 12.2. The van der Waals surface area contributed by atoms with Gasteiger partial charge in [0.15, 0.2) is 11.7 Å². The van der Waals surface area contributed by atoms with Crippen molar-refractivity contribution in [2.24, 2.45) is 0 Å². The molecule has 1 N–H and O–H groups in total. The van der Waals surface area contributed by atoms with Crippen LogP contribution in [0.15, 0.2) is 54.6 Å². The van der Waals surface area contributed by atoms with Gasteiger partial charge in [0.05, 0.1) is 11.4 Å². The lowest BCUT2D eigenvalue weighted by Crippen LogP contribution is -2.35. The fourth-order valence-corrected chi connectivity index (χ4v) is 3.86. The lowest BCUT2D eigenvalue weighted by Gasteiger charge is -2.26. The number of anilines is 2. The number of aromatic nitrogens is 1. The molecule has 2 heterocycles. The molecule has 0 atom stereocenters. The van der Waals surface area contributed by atoms with E-state index in [0.717, 1.165) is 21.7 Å². The first-order chi connectivity index (χ1) is 14.0. The summed E-state index contributed by atoms with van der Waals surface area (Å²) in [6.07, 6.45) is 3.25. The molecule has 4 rings (SSSR count). The second kappa shape index (κ2) is 7.89. The Morgan fingerprint density at radius 2 is 2.03 bits per heavy atom. The van der Waals surface area contributed by atoms with Crippen LogP contribution in [0.25, 0.3) is 17.3 Å². The standard InChI is InChI=1S/C22H19N3O3S/c1-14-21(16-9-10-18-17(12-16)25(2)20(27)13-28-18)24-22(29-14)23-19(26)11-8-15-6-4-3-5-7-15/h3-12H,13H2,1-2H3,(H,23,24,26)/b11-8+. The summed E-state index contributed by atoms with van der Waals surface area (Å²) in [6.45, 7) is 2.00. The first-order valence-electron chi connectivity index (χ1n) is 9.06. The SMILES string of the molecule is Cc1sc(NC(=O)/C=C/c2ccccc2)nc1-c1ccc2c(c1)N(C)C(=O)CO2. The van der Waals surface area contributed by atoms with Crippen LogP contribution in [-0.2, 0) is 9.59 Å². The molecule has 0 unspecified atom stereocenters. The van der Waals surface area contributed by atoms with Crippen molar-refractivity contribution in [3.63, 3.8) is 0 Å². The fraction of sp³-hybridized carbons (Fsp3) is 0.136. The van der Waals surface area contributed by atoms with E-state index in [-0.39, 0.29) is 18.4 Å². The zero-order chi connectivity index (χ0) is 20.4. The number of rotatable bonds is 4. The normalized spacial score (nSPS) is 13.3. The third-order valence-electron chi connectivity index (χ3n) is 4.57. The zero-order valence-electron chi connectivity index (χ0n) is 16.0. The number of carbonyl (C=O) groups excluding carboxylic acids is 2. The Balaban J connectivity index is 1.53. The van der Waals surface area contributed by atoms with Gasteiger partial charge in [-0.3, -0.25) is 14.9 Å². The molecule has 0 spiro atoms. The first-order valence-corrected chi connectivity index (χ1v) is 9.88. The summed E-state index contributed by atoms with van der Waals surface area (Å²) in [5, 5.41) is 3.34. The summed E-state index contributed by atoms with van der Waals surface area (Å²) in [5.74, 6) is 0.337. The average molecular weight is 405 g/mol. The van der Waals surface area contributed by atoms with Crippen LogP contribution in [0.3, 0.4) is 0 Å². The van der Waals surface area contributed by atoms with Crippen molar-refractivity contribution in [2.45, 2.75) is 6.92 Å². The number of aryl methyl sites for hydroxylation is 1. The van der Waals surface area contributed by atoms with Gasteiger partial charge in [-0.1, -0.05) is 30.3 Å². The minimum absolute atomic E-state index is 0.0469. The number of ether oxygens (including phenoxy) is 1. The molecular formula is C22H19N3O3S. The number of fused-ring (bicyclic) bond motifs is 1. The highest BCUT2D eigenvalue weighted by molar-refractivity contribution is 7.16. The van der Waals surface area contributed by atoms with Crippen LogP contribution in [0.5, 0.6) is 5.75 Å². The van der Waals surface area contributed by atoms with Crippen molar-refractivity contribution in [3.8, 4) is 17.0 Å². The number of nitrogens with one attached hydrogen (secondary N) is 1. The van der Waals surface area contributed by atoms with Crippen LogP contribution in [0.1, 0.15) is 10.4 Å². The van der Waals surface area contributed by atoms with Gasteiger partial charge in [-0.2, -0.15) is 0 Å². The van der Waals surface area contributed by atoms with E-state index in [4.69, 9.17) is 4.74 Å². The number of carbonyl (C=O) groups is 2. The molecule has 0 saturated carbocycles. The maximum absolute atomic E-state index is 12.2. The molecule has 6 nitrogen and oxygen atoms in total. The molecule has 3 aromatic rings. The smallest absolute Gasteiger partial charge is 0.264 e. The molecule has 1 aliphatic rings. The van der Waals surface area contributed by atoms with Crippen LogP contribution >= 0.6 is 11.3 Å². The molecule has 1 aromatic heterocycles. The molecule has 0 radical (unpaired) electrons. The van der Waals surface area contributed by atoms with Gasteiger partial charge in [0.1, 0.15) is 5.75 Å². The minimum atomic E-state index is -0.238. The van der Waals surface area contributed by atoms with E-state index >= 15 is 0 Å². The number of benzene rings is 2. The minimum Gasteiger partial charge on any atom is -0.482 e. The second-order valence-electron chi connectivity index (χ2n) is 6.58. The molecule has 1 aliphatic heterocycles. The molecule has 0 aliphatic carbocycles. The summed E-state index contributed by atoms with van der Waals surface area (Å²) in [7, 11) is 1.73. The Morgan fingerprint density at radius 1 is 1.24 bits per heavy atom. The molecule has 0 fully saturated rings. The summed E-state index contributed by atoms with van der Waals surface area (Å²) < 4.78 is 5.47. The van der Waals surface area contributed by atoms with E-state index in [9.17, 15) is 9.59 Å². The lowest BCUT2D eigenvalue weighted by molar-refractivity contribution is -0.121. The van der Waals surface area contributed by atoms with E-state index in [0.29, 0.717) is 16.6 Å². The predicted octanol–water partition coefficient (Wildman–Crippen LogP) is 4.13. The monoisotopic (exact) mass is 405 g/mol. The van der Waals surface area contributed by atoms with Gasteiger partial charge in [0.25, 0.3) is 5.91 Å². The number of likely N-dealkylation sites (N-methyl/N-ethyl adjacent to an activating group) is 1. The average Bonchev–Trinajstić information content (AvgIpc) is 3.10. The molecule has 146 valence electrons. The number of thiazole rings is 1. The quantitative estimate of drug-likeness (QED) is 0.663. The Morgan fingerprint density at radius 3 is 2.83 bits per heavy atom. The first kappa shape index (κ1) is 18.9. The number of hydrogen-bond acceptors (Lipinski definition) is 5. The zero-order valence-corrected chi connectivity index (χ0v) is 16.8. The van der Waals surface area contributed by atoms with Crippen LogP contribution in [0.2, 0.25) is 0 Å². The van der Waals surface area contributed by atoms with Gasteiger partial charge in [-0.25, -0.2) is 4.98 Å². The molecular weight excluding hydrogens is 386 g/mol. The molecule has 7 heteroatoms. The predicted molar refractivity (Wildman–Crippen MR) is 115 cm³/mol. The number of hydrogen-bond donors (Lipinski definition) is 1. The van der Waals surface area contributed by atoms with Crippen molar-refractivity contribution in [1.82, 2.24) is 4.98 Å². The van der Waals surface area contributed by atoms with Crippen LogP contribution in [0, 0.1) is 6.92 Å². The third kappa shape index (κ3) is 4.05. The third-order valence-corrected chi connectivity index (χ3v) is 5.46. The summed E-state index contributed by atoms with van der Waals surface area (Å²) in [6, 6.07) is 15.3. The summed E-state index contributed by atoms with van der Waals surface area (Å²) >= 11 is 1.41. The number of amides is 2. The molecule has 2 aromatic carbocycles. The molecule has 29 heavy (non-hydrogen) atoms. The highest BCUT2D eigenvalue weighted by Crippen LogP contribution is 2.37. The van der Waals surface area contributed by atoms with Gasteiger partial charge in [0, 0.05) is 23.6 Å². The van der Waals surface area contributed by atoms with Gasteiger partial charge in [-0.15, -0.1) is 11.3 Å². The molecule has 0 saturated heterocycles. The van der Waals surface area contributed by atoms with Gasteiger partial charge < -0.3 is 9.64 Å². The highest BCUT2D eigenvalue weighted by atomic mass is 32.1. The van der Waals surface area contributed by atoms with Gasteiger partial charge in [0.2, 0.25) is 5.91 Å². The van der Waals surface area contributed by atoms with E-state index in [2.05, 4.69) is 10.3 Å². The second-order valence-corrected chi connectivity index (χ2v) is 7.78. The largest absolute Gasteiger partial charge is 0.482 e. The van der Waals surface area contributed by atoms with E-state index in [1.807, 2.05) is 55.5 Å². The van der Waals surface area contributed by atoms with Crippen molar-refractivity contribution in [1.29, 1.82) is 0 Å². The number of nitrogens with zero attached hydrogens (tertiary/aromatic N) is 2. The van der Waals surface area contributed by atoms with E-state index in [1.165, 1.54) is 17.4 Å². The fourth-order valence-electron chi connectivity index (χ4n) is 3.02. The van der Waals surface area contributed by atoms with Crippen molar-refractivity contribution < 1.29 is 14.3 Å². The van der Waals surface area contributed by atoms with Gasteiger partial charge >= 0.3 is 0 Å². The molecule has 0 bridgehead atoms. The summed E-state index contributed by atoms with van der Waals surface area (Å²) in [4.78, 5) is 31.2. The highest BCUT2D eigenvalue weighted by Gasteiger charge is 2.23. The topological polar surface area (TPSA) is 71.5 Å². The summed E-state index contributed by atoms with van der Waals surface area (Å²) in [5.41, 5.74) is 3.30. The van der Waals surface area contributed by atoms with E-state index < -0.39 is 0 Å². The Bertz CT molecular complexity index is 1110. The molecule has 2 amide bonds. The Kier molecular flexibility index (Phi) is 5.14. The van der Waals surface area contributed by atoms with Crippen molar-refractivity contribution in [2.75, 3.05) is 23.9 Å². The van der Waals surface area contributed by atoms with Crippen molar-refractivity contribution >= 4 is 40.0 Å². The lowest BCUT2D eigenvalue weighted by atomic mass is 10.1. The Hall–Kier alpha value is -3.45. The van der Waals surface area contributed by atoms with E-state index in [1.54, 1.807) is 18.0 Å². The Labute approximate surface area is 172 Å². The van der Waals surface area contributed by atoms with Crippen LogP contribution < -0.4 is 15.0 Å². The maximum Gasteiger partial charge on any atom is 0.264 e. The van der Waals surface area contributed by atoms with Crippen LogP contribution in [0.4, 0.5) is 10.8 Å². The van der Waals surface area contributed by atoms with Crippen LogP contribution in [-0.4, -0.2) is 30.5 Å².